The Bertz CT molecular complexity index is 710. The zero-order valence-corrected chi connectivity index (χ0v) is 12.6. The maximum atomic E-state index is 5.73. The Morgan fingerprint density at radius 1 is 0.952 bits per heavy atom. The number of hydrogen-bond acceptors (Lipinski definition) is 4. The first kappa shape index (κ1) is 13.9. The monoisotopic (exact) mass is 296 g/mol. The van der Waals surface area contributed by atoms with Crippen LogP contribution in [0.25, 0.3) is 11.5 Å². The fourth-order valence-electron chi connectivity index (χ4n) is 2.09. The van der Waals surface area contributed by atoms with E-state index in [1.54, 1.807) is 11.8 Å². The predicted octanol–water partition coefficient (Wildman–Crippen LogP) is 4.38. The highest BCUT2D eigenvalue weighted by Gasteiger charge is 2.10. The van der Waals surface area contributed by atoms with E-state index in [1.807, 2.05) is 37.3 Å². The van der Waals surface area contributed by atoms with Gasteiger partial charge in [-0.3, -0.25) is 0 Å². The molecular weight excluding hydrogens is 280 g/mol. The summed E-state index contributed by atoms with van der Waals surface area (Å²) in [6.07, 6.45) is 0.994. The van der Waals surface area contributed by atoms with Crippen LogP contribution in [-0.2, 0) is 6.42 Å². The van der Waals surface area contributed by atoms with Gasteiger partial charge in [0.1, 0.15) is 0 Å². The molecule has 0 saturated carbocycles. The molecule has 0 aliphatic carbocycles. The Morgan fingerprint density at radius 2 is 1.71 bits per heavy atom. The number of aromatic nitrogens is 2. The smallest absolute Gasteiger partial charge is 0.276 e. The summed E-state index contributed by atoms with van der Waals surface area (Å²) in [5.41, 5.74) is 3.46. The van der Waals surface area contributed by atoms with Crippen LogP contribution in [0, 0.1) is 6.92 Å². The molecule has 0 saturated heterocycles. The average molecular weight is 296 g/mol. The van der Waals surface area contributed by atoms with Gasteiger partial charge in [0, 0.05) is 11.3 Å². The molecule has 0 bridgehead atoms. The highest BCUT2D eigenvalue weighted by atomic mass is 32.2. The van der Waals surface area contributed by atoms with Crippen LogP contribution in [0.5, 0.6) is 0 Å². The van der Waals surface area contributed by atoms with E-state index in [0.717, 1.165) is 23.3 Å². The third-order valence-electron chi connectivity index (χ3n) is 3.24. The minimum Gasteiger partial charge on any atom is -0.411 e. The van der Waals surface area contributed by atoms with Gasteiger partial charge in [-0.15, -0.1) is 10.2 Å². The van der Waals surface area contributed by atoms with Crippen molar-refractivity contribution in [2.75, 3.05) is 5.75 Å². The second kappa shape index (κ2) is 6.59. The van der Waals surface area contributed by atoms with Crippen LogP contribution < -0.4 is 0 Å². The molecule has 0 aliphatic heterocycles. The van der Waals surface area contributed by atoms with Crippen LogP contribution in [0.1, 0.15) is 11.1 Å². The number of rotatable bonds is 5. The summed E-state index contributed by atoms with van der Waals surface area (Å²) in [5.74, 6) is 1.52. The summed E-state index contributed by atoms with van der Waals surface area (Å²) in [5, 5.41) is 8.88. The minimum atomic E-state index is 0.593. The lowest BCUT2D eigenvalue weighted by molar-refractivity contribution is 0.465. The lowest BCUT2D eigenvalue weighted by Crippen LogP contribution is -1.87. The molecule has 0 N–H and O–H groups in total. The summed E-state index contributed by atoms with van der Waals surface area (Å²) in [7, 11) is 0. The van der Waals surface area contributed by atoms with Crippen molar-refractivity contribution in [1.82, 2.24) is 10.2 Å². The molecule has 2 aromatic carbocycles. The van der Waals surface area contributed by atoms with Gasteiger partial charge >= 0.3 is 0 Å². The van der Waals surface area contributed by atoms with Crippen LogP contribution in [0.3, 0.4) is 0 Å². The van der Waals surface area contributed by atoms with E-state index in [1.165, 1.54) is 5.56 Å². The van der Waals surface area contributed by atoms with Crippen LogP contribution >= 0.6 is 11.8 Å². The highest BCUT2D eigenvalue weighted by Crippen LogP contribution is 2.25. The van der Waals surface area contributed by atoms with E-state index in [0.29, 0.717) is 11.1 Å². The van der Waals surface area contributed by atoms with E-state index in [2.05, 4.69) is 34.5 Å². The standard InChI is InChI=1S/C17H16N2OS/c1-13-7-5-6-10-15(13)16-18-19-17(20-16)21-12-11-14-8-3-2-4-9-14/h2-10H,11-12H2,1H3. The molecule has 1 heterocycles. The van der Waals surface area contributed by atoms with Crippen molar-refractivity contribution < 1.29 is 4.42 Å². The summed E-state index contributed by atoms with van der Waals surface area (Å²) in [6.45, 7) is 2.04. The lowest BCUT2D eigenvalue weighted by Gasteiger charge is -1.99. The van der Waals surface area contributed by atoms with Crippen molar-refractivity contribution in [3.63, 3.8) is 0 Å². The van der Waals surface area contributed by atoms with Crippen LogP contribution in [-0.4, -0.2) is 16.0 Å². The Hall–Kier alpha value is -2.07. The molecule has 0 spiro atoms. The average Bonchev–Trinajstić information content (AvgIpc) is 2.97. The molecule has 0 fully saturated rings. The zero-order valence-electron chi connectivity index (χ0n) is 11.8. The van der Waals surface area contributed by atoms with Crippen molar-refractivity contribution in [3.05, 3.63) is 65.7 Å². The third-order valence-corrected chi connectivity index (χ3v) is 4.06. The van der Waals surface area contributed by atoms with Gasteiger partial charge < -0.3 is 4.42 Å². The third kappa shape index (κ3) is 3.52. The van der Waals surface area contributed by atoms with E-state index in [9.17, 15) is 0 Å². The molecule has 0 aliphatic rings. The maximum Gasteiger partial charge on any atom is 0.276 e. The molecule has 0 unspecified atom stereocenters. The predicted molar refractivity (Wildman–Crippen MR) is 85.3 cm³/mol. The fourth-order valence-corrected chi connectivity index (χ4v) is 2.84. The molecular formula is C17H16N2OS. The SMILES string of the molecule is Cc1ccccc1-c1nnc(SCCc2ccccc2)o1. The molecule has 3 nitrogen and oxygen atoms in total. The quantitative estimate of drug-likeness (QED) is 0.655. The van der Waals surface area contributed by atoms with Gasteiger partial charge in [-0.05, 0) is 30.5 Å². The number of aryl methyl sites for hydroxylation is 2. The van der Waals surface area contributed by atoms with Crippen LogP contribution in [0.4, 0.5) is 0 Å². The van der Waals surface area contributed by atoms with E-state index in [-0.39, 0.29) is 0 Å². The van der Waals surface area contributed by atoms with E-state index in [4.69, 9.17) is 4.42 Å². The van der Waals surface area contributed by atoms with Crippen molar-refractivity contribution >= 4 is 11.8 Å². The number of benzene rings is 2. The Morgan fingerprint density at radius 3 is 2.52 bits per heavy atom. The lowest BCUT2D eigenvalue weighted by atomic mass is 10.1. The topological polar surface area (TPSA) is 38.9 Å². The van der Waals surface area contributed by atoms with Gasteiger partial charge in [-0.1, -0.05) is 60.3 Å². The maximum absolute atomic E-state index is 5.73. The first-order valence-electron chi connectivity index (χ1n) is 6.89. The molecule has 21 heavy (non-hydrogen) atoms. The van der Waals surface area contributed by atoms with Gasteiger partial charge in [0.15, 0.2) is 0 Å². The fraction of sp³-hybridized carbons (Fsp3) is 0.176. The first-order valence-corrected chi connectivity index (χ1v) is 7.88. The Kier molecular flexibility index (Phi) is 4.36. The van der Waals surface area contributed by atoms with Crippen LogP contribution in [0.15, 0.2) is 64.2 Å². The van der Waals surface area contributed by atoms with Crippen LogP contribution in [0.2, 0.25) is 0 Å². The number of nitrogens with zero attached hydrogens (tertiary/aromatic N) is 2. The van der Waals surface area contributed by atoms with E-state index >= 15 is 0 Å². The molecule has 106 valence electrons. The van der Waals surface area contributed by atoms with Crippen molar-refractivity contribution in [3.8, 4) is 11.5 Å². The molecule has 0 amide bonds. The van der Waals surface area contributed by atoms with Crippen molar-refractivity contribution in [2.45, 2.75) is 18.6 Å². The second-order valence-electron chi connectivity index (χ2n) is 4.77. The number of thioether (sulfide) groups is 1. The molecule has 0 atom stereocenters. The first-order chi connectivity index (χ1) is 10.3. The Balaban J connectivity index is 1.62. The molecule has 4 heteroatoms. The summed E-state index contributed by atoms with van der Waals surface area (Å²) >= 11 is 1.60. The van der Waals surface area contributed by atoms with Crippen molar-refractivity contribution in [1.29, 1.82) is 0 Å². The van der Waals surface area contributed by atoms with E-state index < -0.39 is 0 Å². The summed E-state index contributed by atoms with van der Waals surface area (Å²) in [6, 6.07) is 18.4. The normalized spacial score (nSPS) is 10.7. The van der Waals surface area contributed by atoms with Gasteiger partial charge in [0.05, 0.1) is 0 Å². The number of hydrogen-bond donors (Lipinski definition) is 0. The Labute approximate surface area is 128 Å². The van der Waals surface area contributed by atoms with Crippen molar-refractivity contribution in [2.24, 2.45) is 0 Å². The molecule has 0 radical (unpaired) electrons. The second-order valence-corrected chi connectivity index (χ2v) is 5.82. The summed E-state index contributed by atoms with van der Waals surface area (Å²) < 4.78 is 5.73. The zero-order chi connectivity index (χ0) is 14.5. The highest BCUT2D eigenvalue weighted by molar-refractivity contribution is 7.99. The van der Waals surface area contributed by atoms with Gasteiger partial charge in [0.25, 0.3) is 5.22 Å². The minimum absolute atomic E-state index is 0.593. The van der Waals surface area contributed by atoms with Gasteiger partial charge in [-0.25, -0.2) is 0 Å². The molecule has 1 aromatic heterocycles. The largest absolute Gasteiger partial charge is 0.411 e. The van der Waals surface area contributed by atoms with Gasteiger partial charge in [0.2, 0.25) is 5.89 Å². The molecule has 3 rings (SSSR count). The summed E-state index contributed by atoms with van der Waals surface area (Å²) in [4.78, 5) is 0. The van der Waals surface area contributed by atoms with Gasteiger partial charge in [-0.2, -0.15) is 0 Å². The molecule has 3 aromatic rings.